The Morgan fingerprint density at radius 1 is 1.28 bits per heavy atom. The predicted octanol–water partition coefficient (Wildman–Crippen LogP) is 2.27. The second kappa shape index (κ2) is 5.51. The van der Waals surface area contributed by atoms with Crippen molar-refractivity contribution in [3.05, 3.63) is 59.9 Å². The van der Waals surface area contributed by atoms with Gasteiger partial charge in [-0.1, -0.05) is 30.3 Å². The number of carboxylic acid groups (broad SMARTS) is 1. The van der Waals surface area contributed by atoms with E-state index < -0.39 is 12.0 Å². The Labute approximate surface area is 106 Å². The summed E-state index contributed by atoms with van der Waals surface area (Å²) in [5, 5.41) is 9.33. The van der Waals surface area contributed by atoms with E-state index in [1.54, 1.807) is 12.3 Å². The molecule has 18 heavy (non-hydrogen) atoms. The van der Waals surface area contributed by atoms with E-state index in [9.17, 15) is 9.90 Å². The number of H-pyrrole nitrogens is 1. The van der Waals surface area contributed by atoms with E-state index in [2.05, 4.69) is 4.98 Å². The van der Waals surface area contributed by atoms with Crippen LogP contribution in [-0.4, -0.2) is 28.0 Å². The summed E-state index contributed by atoms with van der Waals surface area (Å²) >= 11 is 0. The minimum absolute atomic E-state index is 0.594. The third-order valence-corrected chi connectivity index (χ3v) is 2.87. The summed E-state index contributed by atoms with van der Waals surface area (Å²) in [4.78, 5) is 16.1. The normalized spacial score (nSPS) is 12.6. The maximum Gasteiger partial charge on any atom is 0.327 e. The number of rotatable bonds is 5. The highest BCUT2D eigenvalue weighted by molar-refractivity contribution is 5.74. The van der Waals surface area contributed by atoms with Crippen molar-refractivity contribution in [3.63, 3.8) is 0 Å². The van der Waals surface area contributed by atoms with E-state index in [1.165, 1.54) is 0 Å². The first kappa shape index (κ1) is 12.4. The van der Waals surface area contributed by atoms with Crippen LogP contribution in [0.25, 0.3) is 0 Å². The maximum atomic E-state index is 11.4. The van der Waals surface area contributed by atoms with Gasteiger partial charge in [-0.05, 0) is 24.7 Å². The fourth-order valence-corrected chi connectivity index (χ4v) is 2.04. The van der Waals surface area contributed by atoms with E-state index in [0.29, 0.717) is 12.2 Å². The molecule has 2 N–H and O–H groups in total. The van der Waals surface area contributed by atoms with Gasteiger partial charge in [0.1, 0.15) is 6.04 Å². The van der Waals surface area contributed by atoms with Gasteiger partial charge in [0.2, 0.25) is 0 Å². The van der Waals surface area contributed by atoms with Gasteiger partial charge < -0.3 is 10.1 Å². The van der Waals surface area contributed by atoms with Gasteiger partial charge in [0.15, 0.2) is 0 Å². The first-order valence-electron chi connectivity index (χ1n) is 5.78. The second-order valence-electron chi connectivity index (χ2n) is 4.27. The van der Waals surface area contributed by atoms with Crippen LogP contribution in [0.1, 0.15) is 17.3 Å². The molecule has 2 aromatic rings. The van der Waals surface area contributed by atoms with Gasteiger partial charge in [-0.3, -0.25) is 9.69 Å². The smallest absolute Gasteiger partial charge is 0.327 e. The predicted molar refractivity (Wildman–Crippen MR) is 69.1 cm³/mol. The van der Waals surface area contributed by atoms with Gasteiger partial charge in [-0.2, -0.15) is 0 Å². The molecule has 0 aliphatic heterocycles. The van der Waals surface area contributed by atoms with E-state index in [0.717, 1.165) is 5.56 Å². The number of nitrogens with zero attached hydrogens (tertiary/aromatic N) is 1. The van der Waals surface area contributed by atoms with E-state index >= 15 is 0 Å². The lowest BCUT2D eigenvalue weighted by Crippen LogP contribution is -2.30. The number of aliphatic carboxylic acids is 1. The van der Waals surface area contributed by atoms with Gasteiger partial charge >= 0.3 is 5.97 Å². The number of aromatic nitrogens is 1. The van der Waals surface area contributed by atoms with Crippen LogP contribution in [-0.2, 0) is 11.3 Å². The van der Waals surface area contributed by atoms with E-state index in [4.69, 9.17) is 0 Å². The van der Waals surface area contributed by atoms with Gasteiger partial charge in [0.05, 0.1) is 0 Å². The zero-order valence-corrected chi connectivity index (χ0v) is 10.2. The van der Waals surface area contributed by atoms with Crippen molar-refractivity contribution >= 4 is 5.97 Å². The lowest BCUT2D eigenvalue weighted by Gasteiger charge is -2.23. The molecule has 0 fully saturated rings. The standard InChI is InChI=1S/C14H16N2O2/c1-16(10-11-6-3-2-4-7-11)13(14(17)18)12-8-5-9-15-12/h2-9,13,15H,10H2,1H3,(H,17,18). The number of carboxylic acids is 1. The molecule has 4 nitrogen and oxygen atoms in total. The van der Waals surface area contributed by atoms with Crippen LogP contribution in [0, 0.1) is 0 Å². The zero-order chi connectivity index (χ0) is 13.0. The van der Waals surface area contributed by atoms with Crippen molar-refractivity contribution in [2.75, 3.05) is 7.05 Å². The number of likely N-dealkylation sites (N-methyl/N-ethyl adjacent to an activating group) is 1. The largest absolute Gasteiger partial charge is 0.480 e. The molecule has 0 saturated heterocycles. The number of carbonyl (C=O) groups is 1. The molecule has 0 saturated carbocycles. The monoisotopic (exact) mass is 244 g/mol. The fourth-order valence-electron chi connectivity index (χ4n) is 2.04. The first-order chi connectivity index (χ1) is 8.68. The molecule has 0 aliphatic rings. The van der Waals surface area contributed by atoms with Gasteiger partial charge in [-0.25, -0.2) is 0 Å². The van der Waals surface area contributed by atoms with Crippen LogP contribution in [0.3, 0.4) is 0 Å². The molecule has 0 radical (unpaired) electrons. The number of aromatic amines is 1. The molecule has 0 bridgehead atoms. The number of benzene rings is 1. The molecular formula is C14H16N2O2. The lowest BCUT2D eigenvalue weighted by molar-refractivity contribution is -0.143. The molecule has 0 aliphatic carbocycles. The second-order valence-corrected chi connectivity index (χ2v) is 4.27. The quantitative estimate of drug-likeness (QED) is 0.848. The van der Waals surface area contributed by atoms with Crippen LogP contribution < -0.4 is 0 Å². The Bertz CT molecular complexity index is 494. The Balaban J connectivity index is 2.15. The van der Waals surface area contributed by atoms with Crippen LogP contribution in [0.2, 0.25) is 0 Å². The molecule has 0 spiro atoms. The fraction of sp³-hybridized carbons (Fsp3) is 0.214. The molecule has 1 aromatic carbocycles. The first-order valence-corrected chi connectivity index (χ1v) is 5.78. The summed E-state index contributed by atoms with van der Waals surface area (Å²) in [6, 6.07) is 12.8. The highest BCUT2D eigenvalue weighted by Crippen LogP contribution is 2.20. The highest BCUT2D eigenvalue weighted by atomic mass is 16.4. The summed E-state index contributed by atoms with van der Waals surface area (Å²) in [6.45, 7) is 0.594. The van der Waals surface area contributed by atoms with Crippen LogP contribution in [0.4, 0.5) is 0 Å². The average molecular weight is 244 g/mol. The average Bonchev–Trinajstić information content (AvgIpc) is 2.83. The van der Waals surface area contributed by atoms with Crippen molar-refractivity contribution in [1.82, 2.24) is 9.88 Å². The van der Waals surface area contributed by atoms with E-state index in [1.807, 2.05) is 48.3 Å². The summed E-state index contributed by atoms with van der Waals surface area (Å²) in [7, 11) is 1.81. The number of nitrogens with one attached hydrogen (secondary N) is 1. The van der Waals surface area contributed by atoms with Crippen molar-refractivity contribution in [1.29, 1.82) is 0 Å². The van der Waals surface area contributed by atoms with Crippen molar-refractivity contribution in [2.24, 2.45) is 0 Å². The van der Waals surface area contributed by atoms with Crippen LogP contribution in [0.5, 0.6) is 0 Å². The van der Waals surface area contributed by atoms with Crippen LogP contribution in [0.15, 0.2) is 48.7 Å². The van der Waals surface area contributed by atoms with Gasteiger partial charge in [0.25, 0.3) is 0 Å². The molecule has 2 rings (SSSR count). The SMILES string of the molecule is CN(Cc1ccccc1)C(C(=O)O)c1ccc[nH]1. The molecule has 0 amide bonds. The van der Waals surface area contributed by atoms with Gasteiger partial charge in [-0.15, -0.1) is 0 Å². The Kier molecular flexibility index (Phi) is 3.79. The summed E-state index contributed by atoms with van der Waals surface area (Å²) in [5.74, 6) is -0.851. The third-order valence-electron chi connectivity index (χ3n) is 2.87. The molecular weight excluding hydrogens is 228 g/mol. The van der Waals surface area contributed by atoms with Crippen molar-refractivity contribution in [2.45, 2.75) is 12.6 Å². The highest BCUT2D eigenvalue weighted by Gasteiger charge is 2.25. The maximum absolute atomic E-state index is 11.4. The number of hydrogen-bond donors (Lipinski definition) is 2. The molecule has 1 aromatic heterocycles. The van der Waals surface area contributed by atoms with Crippen molar-refractivity contribution in [3.8, 4) is 0 Å². The molecule has 1 heterocycles. The number of hydrogen-bond acceptors (Lipinski definition) is 2. The molecule has 1 atom stereocenters. The molecule has 4 heteroatoms. The summed E-state index contributed by atoms with van der Waals surface area (Å²) in [5.41, 5.74) is 1.79. The Morgan fingerprint density at radius 3 is 2.56 bits per heavy atom. The zero-order valence-electron chi connectivity index (χ0n) is 10.2. The van der Waals surface area contributed by atoms with E-state index in [-0.39, 0.29) is 0 Å². The lowest BCUT2D eigenvalue weighted by atomic mass is 10.1. The minimum Gasteiger partial charge on any atom is -0.480 e. The Hall–Kier alpha value is -2.07. The van der Waals surface area contributed by atoms with Gasteiger partial charge in [0, 0.05) is 18.4 Å². The molecule has 1 unspecified atom stereocenters. The van der Waals surface area contributed by atoms with Crippen molar-refractivity contribution < 1.29 is 9.90 Å². The Morgan fingerprint density at radius 2 is 2.00 bits per heavy atom. The topological polar surface area (TPSA) is 56.3 Å². The summed E-state index contributed by atoms with van der Waals surface area (Å²) < 4.78 is 0. The summed E-state index contributed by atoms with van der Waals surface area (Å²) in [6.07, 6.45) is 1.74. The third kappa shape index (κ3) is 2.78. The minimum atomic E-state index is -0.851. The van der Waals surface area contributed by atoms with Crippen LogP contribution >= 0.6 is 0 Å². The molecule has 94 valence electrons.